The highest BCUT2D eigenvalue weighted by molar-refractivity contribution is 6.31. The summed E-state index contributed by atoms with van der Waals surface area (Å²) in [6, 6.07) is 15.8. The average Bonchev–Trinajstić information content (AvgIpc) is 3.08. The van der Waals surface area contributed by atoms with Crippen molar-refractivity contribution >= 4 is 34.6 Å². The fourth-order valence-corrected chi connectivity index (χ4v) is 3.26. The van der Waals surface area contributed by atoms with Gasteiger partial charge in [-0.15, -0.1) is 0 Å². The van der Waals surface area contributed by atoms with Crippen molar-refractivity contribution in [3.05, 3.63) is 59.1 Å². The number of benzene rings is 2. The highest BCUT2D eigenvalue weighted by Gasteiger charge is 2.24. The first kappa shape index (κ1) is 16.0. The number of para-hydroxylation sites is 2. The van der Waals surface area contributed by atoms with E-state index in [-0.39, 0.29) is 5.91 Å². The SMILES string of the molecule is O=C(Cc1ccccc1Cl)N1CCN(c2nc3ccccc3o2)CC1. The molecular formula is C19H18ClN3O2. The first-order chi connectivity index (χ1) is 12.2. The quantitative estimate of drug-likeness (QED) is 0.722. The number of fused-ring (bicyclic) bond motifs is 1. The minimum absolute atomic E-state index is 0.102. The molecule has 0 radical (unpaired) electrons. The van der Waals surface area contributed by atoms with Crippen molar-refractivity contribution in [3.8, 4) is 0 Å². The fraction of sp³-hybridized carbons (Fsp3) is 0.263. The number of hydrogen-bond acceptors (Lipinski definition) is 4. The van der Waals surface area contributed by atoms with Crippen molar-refractivity contribution in [2.45, 2.75) is 6.42 Å². The van der Waals surface area contributed by atoms with E-state index in [4.69, 9.17) is 16.0 Å². The van der Waals surface area contributed by atoms with Crippen molar-refractivity contribution in [2.24, 2.45) is 0 Å². The third kappa shape index (κ3) is 3.33. The number of piperazine rings is 1. The summed E-state index contributed by atoms with van der Waals surface area (Å²) >= 11 is 6.15. The molecule has 1 amide bonds. The van der Waals surface area contributed by atoms with Crippen molar-refractivity contribution < 1.29 is 9.21 Å². The summed E-state index contributed by atoms with van der Waals surface area (Å²) < 4.78 is 5.81. The van der Waals surface area contributed by atoms with E-state index in [1.54, 1.807) is 0 Å². The van der Waals surface area contributed by atoms with Crippen LogP contribution < -0.4 is 4.90 Å². The molecule has 5 nitrogen and oxygen atoms in total. The summed E-state index contributed by atoms with van der Waals surface area (Å²) in [4.78, 5) is 21.0. The van der Waals surface area contributed by atoms with E-state index in [1.165, 1.54) is 0 Å². The smallest absolute Gasteiger partial charge is 0.298 e. The molecule has 25 heavy (non-hydrogen) atoms. The first-order valence-corrected chi connectivity index (χ1v) is 8.70. The molecule has 2 aromatic carbocycles. The minimum Gasteiger partial charge on any atom is -0.423 e. The predicted molar refractivity (Wildman–Crippen MR) is 98.0 cm³/mol. The molecule has 0 aliphatic carbocycles. The molecule has 0 unspecified atom stereocenters. The zero-order valence-electron chi connectivity index (χ0n) is 13.7. The lowest BCUT2D eigenvalue weighted by Crippen LogP contribution is -2.49. The lowest BCUT2D eigenvalue weighted by Gasteiger charge is -2.34. The van der Waals surface area contributed by atoms with Crippen LogP contribution in [0.1, 0.15) is 5.56 Å². The Morgan fingerprint density at radius 1 is 1.04 bits per heavy atom. The molecule has 2 heterocycles. The zero-order chi connectivity index (χ0) is 17.2. The van der Waals surface area contributed by atoms with Gasteiger partial charge in [-0.25, -0.2) is 0 Å². The largest absolute Gasteiger partial charge is 0.423 e. The van der Waals surface area contributed by atoms with Crippen molar-refractivity contribution in [1.82, 2.24) is 9.88 Å². The standard InChI is InChI=1S/C19H18ClN3O2/c20-15-6-2-1-5-14(15)13-18(24)22-9-11-23(12-10-22)19-21-16-7-3-4-8-17(16)25-19/h1-8H,9-13H2. The molecule has 1 fully saturated rings. The third-order valence-electron chi connectivity index (χ3n) is 4.49. The molecule has 0 atom stereocenters. The summed E-state index contributed by atoms with van der Waals surface area (Å²) in [6.45, 7) is 2.73. The number of anilines is 1. The number of aromatic nitrogens is 1. The third-order valence-corrected chi connectivity index (χ3v) is 4.85. The lowest BCUT2D eigenvalue weighted by atomic mass is 10.1. The van der Waals surface area contributed by atoms with Gasteiger partial charge in [0, 0.05) is 31.2 Å². The van der Waals surface area contributed by atoms with E-state index < -0.39 is 0 Å². The Morgan fingerprint density at radius 2 is 1.76 bits per heavy atom. The Hall–Kier alpha value is -2.53. The maximum absolute atomic E-state index is 12.5. The summed E-state index contributed by atoms with van der Waals surface area (Å²) in [5, 5.41) is 0.640. The van der Waals surface area contributed by atoms with Crippen LogP contribution in [0.4, 0.5) is 6.01 Å². The van der Waals surface area contributed by atoms with Gasteiger partial charge in [0.05, 0.1) is 6.42 Å². The minimum atomic E-state index is 0.102. The van der Waals surface area contributed by atoms with Crippen molar-refractivity contribution in [2.75, 3.05) is 31.1 Å². The highest BCUT2D eigenvalue weighted by atomic mass is 35.5. The number of carbonyl (C=O) groups is 1. The number of oxazole rings is 1. The molecule has 1 aliphatic heterocycles. The van der Waals surface area contributed by atoms with Gasteiger partial charge in [-0.2, -0.15) is 4.98 Å². The van der Waals surface area contributed by atoms with Crippen LogP contribution in [0.15, 0.2) is 52.9 Å². The Morgan fingerprint density at radius 3 is 2.52 bits per heavy atom. The molecule has 0 bridgehead atoms. The van der Waals surface area contributed by atoms with Crippen LogP contribution in [-0.4, -0.2) is 42.0 Å². The van der Waals surface area contributed by atoms with E-state index in [2.05, 4.69) is 9.88 Å². The van der Waals surface area contributed by atoms with Gasteiger partial charge >= 0.3 is 0 Å². The van der Waals surface area contributed by atoms with E-state index in [1.807, 2.05) is 53.4 Å². The molecule has 4 rings (SSSR count). The topological polar surface area (TPSA) is 49.6 Å². The van der Waals surface area contributed by atoms with Gasteiger partial charge < -0.3 is 14.2 Å². The fourth-order valence-electron chi connectivity index (χ4n) is 3.06. The second kappa shape index (κ2) is 6.76. The zero-order valence-corrected chi connectivity index (χ0v) is 14.4. The molecule has 0 spiro atoms. The van der Waals surface area contributed by atoms with Crippen LogP contribution >= 0.6 is 11.6 Å². The summed E-state index contributed by atoms with van der Waals surface area (Å²) in [5.74, 6) is 0.102. The number of halogens is 1. The van der Waals surface area contributed by atoms with Crippen LogP contribution in [0, 0.1) is 0 Å². The number of nitrogens with zero attached hydrogens (tertiary/aromatic N) is 3. The number of rotatable bonds is 3. The molecule has 1 saturated heterocycles. The molecule has 3 aromatic rings. The van der Waals surface area contributed by atoms with Crippen LogP contribution in [0.25, 0.3) is 11.1 Å². The molecule has 0 saturated carbocycles. The molecule has 6 heteroatoms. The van der Waals surface area contributed by atoms with E-state index in [0.717, 1.165) is 16.7 Å². The van der Waals surface area contributed by atoms with Gasteiger partial charge in [-0.3, -0.25) is 4.79 Å². The molecular weight excluding hydrogens is 338 g/mol. The molecule has 128 valence electrons. The second-order valence-electron chi connectivity index (χ2n) is 6.10. The number of amides is 1. The van der Waals surface area contributed by atoms with Gasteiger partial charge in [0.25, 0.3) is 6.01 Å². The van der Waals surface area contributed by atoms with Gasteiger partial charge in [0.1, 0.15) is 5.52 Å². The number of hydrogen-bond donors (Lipinski definition) is 0. The van der Waals surface area contributed by atoms with E-state index >= 15 is 0 Å². The molecule has 1 aliphatic rings. The average molecular weight is 356 g/mol. The van der Waals surface area contributed by atoms with E-state index in [0.29, 0.717) is 43.6 Å². The summed E-state index contributed by atoms with van der Waals surface area (Å²) in [6.07, 6.45) is 0.336. The van der Waals surface area contributed by atoms with Crippen LogP contribution in [0.5, 0.6) is 0 Å². The van der Waals surface area contributed by atoms with Gasteiger partial charge in [0.15, 0.2) is 5.58 Å². The van der Waals surface area contributed by atoms with Gasteiger partial charge in [-0.1, -0.05) is 41.9 Å². The van der Waals surface area contributed by atoms with Gasteiger partial charge in [-0.05, 0) is 23.8 Å². The maximum Gasteiger partial charge on any atom is 0.298 e. The highest BCUT2D eigenvalue weighted by Crippen LogP contribution is 2.23. The maximum atomic E-state index is 12.5. The van der Waals surface area contributed by atoms with E-state index in [9.17, 15) is 4.79 Å². The van der Waals surface area contributed by atoms with Crippen LogP contribution in [0.3, 0.4) is 0 Å². The van der Waals surface area contributed by atoms with Crippen molar-refractivity contribution in [1.29, 1.82) is 0 Å². The summed E-state index contributed by atoms with van der Waals surface area (Å²) in [7, 11) is 0. The predicted octanol–water partition coefficient (Wildman–Crippen LogP) is 3.37. The molecule has 0 N–H and O–H groups in total. The Kier molecular flexibility index (Phi) is 4.32. The first-order valence-electron chi connectivity index (χ1n) is 8.32. The van der Waals surface area contributed by atoms with Crippen LogP contribution in [0.2, 0.25) is 5.02 Å². The van der Waals surface area contributed by atoms with Crippen molar-refractivity contribution in [3.63, 3.8) is 0 Å². The Labute approximate surface area is 150 Å². The summed E-state index contributed by atoms with van der Waals surface area (Å²) in [5.41, 5.74) is 2.51. The second-order valence-corrected chi connectivity index (χ2v) is 6.51. The Balaban J connectivity index is 1.39. The normalized spacial score (nSPS) is 14.9. The number of carbonyl (C=O) groups excluding carboxylic acids is 1. The molecule has 1 aromatic heterocycles. The lowest BCUT2D eigenvalue weighted by molar-refractivity contribution is -0.130. The monoisotopic (exact) mass is 355 g/mol. The van der Waals surface area contributed by atoms with Gasteiger partial charge in [0.2, 0.25) is 5.91 Å². The Bertz CT molecular complexity index is 867. The van der Waals surface area contributed by atoms with Crippen LogP contribution in [-0.2, 0) is 11.2 Å².